The number of hydrogen-bond donors (Lipinski definition) is 1. The fourth-order valence-electron chi connectivity index (χ4n) is 2.87. The lowest BCUT2D eigenvalue weighted by Gasteiger charge is -2.27. The van der Waals surface area contributed by atoms with Crippen molar-refractivity contribution in [1.82, 2.24) is 0 Å². The van der Waals surface area contributed by atoms with Crippen molar-refractivity contribution < 1.29 is 5.11 Å². The van der Waals surface area contributed by atoms with Crippen LogP contribution in [0.4, 0.5) is 0 Å². The van der Waals surface area contributed by atoms with Gasteiger partial charge in [-0.15, -0.1) is 0 Å². The summed E-state index contributed by atoms with van der Waals surface area (Å²) in [6, 6.07) is 8.77. The molecule has 15 heavy (non-hydrogen) atoms. The Morgan fingerprint density at radius 1 is 1.27 bits per heavy atom. The van der Waals surface area contributed by atoms with Gasteiger partial charge in [0.05, 0.1) is 5.60 Å². The molecule has 0 aliphatic heterocycles. The molecule has 1 aromatic rings. The van der Waals surface area contributed by atoms with Gasteiger partial charge in [0.1, 0.15) is 0 Å². The second-order valence-electron chi connectivity index (χ2n) is 5.22. The highest BCUT2D eigenvalue weighted by Crippen LogP contribution is 2.46. The van der Waals surface area contributed by atoms with Crippen molar-refractivity contribution in [3.8, 4) is 0 Å². The number of hydrogen-bond acceptors (Lipinski definition) is 1. The van der Waals surface area contributed by atoms with Crippen molar-refractivity contribution in [2.75, 3.05) is 0 Å². The first kappa shape index (κ1) is 9.41. The molecular weight excluding hydrogens is 184 g/mol. The molecule has 2 aliphatic carbocycles. The lowest BCUT2D eigenvalue weighted by molar-refractivity contribution is 0.127. The number of aryl methyl sites for hydroxylation is 1. The SMILES string of the molecule is OC1(CC2CCCc3ccccc32)CC1. The van der Waals surface area contributed by atoms with Crippen molar-refractivity contribution in [1.29, 1.82) is 0 Å². The van der Waals surface area contributed by atoms with E-state index in [1.807, 2.05) is 0 Å². The lowest BCUT2D eigenvalue weighted by atomic mass is 9.79. The Morgan fingerprint density at radius 2 is 2.07 bits per heavy atom. The van der Waals surface area contributed by atoms with Gasteiger partial charge in [0.25, 0.3) is 0 Å². The number of fused-ring (bicyclic) bond motifs is 1. The van der Waals surface area contributed by atoms with Crippen molar-refractivity contribution in [3.05, 3.63) is 35.4 Å². The molecule has 1 saturated carbocycles. The lowest BCUT2D eigenvalue weighted by Crippen LogP contribution is -2.17. The summed E-state index contributed by atoms with van der Waals surface area (Å²) in [6.45, 7) is 0. The zero-order chi connectivity index (χ0) is 10.3. The molecule has 1 heteroatoms. The molecule has 0 amide bonds. The Labute approximate surface area is 91.1 Å². The minimum absolute atomic E-state index is 0.297. The van der Waals surface area contributed by atoms with Gasteiger partial charge < -0.3 is 5.11 Å². The molecule has 1 aromatic carbocycles. The predicted octanol–water partition coefficient (Wildman–Crippen LogP) is 3.02. The summed E-state index contributed by atoms with van der Waals surface area (Å²) in [5, 5.41) is 10.0. The Morgan fingerprint density at radius 3 is 2.87 bits per heavy atom. The fourth-order valence-corrected chi connectivity index (χ4v) is 2.87. The van der Waals surface area contributed by atoms with E-state index in [0.29, 0.717) is 5.92 Å². The van der Waals surface area contributed by atoms with Gasteiger partial charge >= 0.3 is 0 Å². The van der Waals surface area contributed by atoms with E-state index in [1.165, 1.54) is 30.4 Å². The van der Waals surface area contributed by atoms with Crippen molar-refractivity contribution >= 4 is 0 Å². The molecule has 1 N–H and O–H groups in total. The number of rotatable bonds is 2. The van der Waals surface area contributed by atoms with E-state index in [-0.39, 0.29) is 5.60 Å². The fraction of sp³-hybridized carbons (Fsp3) is 0.571. The van der Waals surface area contributed by atoms with Gasteiger partial charge in [-0.05, 0) is 55.6 Å². The molecule has 0 aromatic heterocycles. The van der Waals surface area contributed by atoms with Crippen molar-refractivity contribution in [2.45, 2.75) is 50.0 Å². The van der Waals surface area contributed by atoms with Crippen LogP contribution in [0.5, 0.6) is 0 Å². The summed E-state index contributed by atoms with van der Waals surface area (Å²) in [6.07, 6.45) is 6.81. The monoisotopic (exact) mass is 202 g/mol. The summed E-state index contributed by atoms with van der Waals surface area (Å²) in [7, 11) is 0. The highest BCUT2D eigenvalue weighted by molar-refractivity contribution is 5.33. The number of benzene rings is 1. The molecule has 1 fully saturated rings. The summed E-state index contributed by atoms with van der Waals surface area (Å²) in [4.78, 5) is 0. The molecule has 3 rings (SSSR count). The van der Waals surface area contributed by atoms with Gasteiger partial charge in [-0.1, -0.05) is 24.3 Å². The summed E-state index contributed by atoms with van der Waals surface area (Å²) >= 11 is 0. The second kappa shape index (κ2) is 3.34. The number of aliphatic hydroxyl groups is 1. The van der Waals surface area contributed by atoms with Gasteiger partial charge in [0, 0.05) is 0 Å². The van der Waals surface area contributed by atoms with Crippen LogP contribution in [-0.4, -0.2) is 10.7 Å². The Kier molecular flexibility index (Phi) is 2.10. The minimum Gasteiger partial charge on any atom is -0.390 e. The molecule has 0 heterocycles. The Bertz CT molecular complexity index is 365. The molecule has 1 atom stereocenters. The highest BCUT2D eigenvalue weighted by atomic mass is 16.3. The van der Waals surface area contributed by atoms with Crippen LogP contribution in [0.1, 0.15) is 49.1 Å². The van der Waals surface area contributed by atoms with E-state index in [0.717, 1.165) is 19.3 Å². The van der Waals surface area contributed by atoms with Gasteiger partial charge in [0.15, 0.2) is 0 Å². The van der Waals surface area contributed by atoms with Crippen LogP contribution in [0.25, 0.3) is 0 Å². The molecule has 0 spiro atoms. The Hall–Kier alpha value is -0.820. The van der Waals surface area contributed by atoms with Crippen LogP contribution < -0.4 is 0 Å². The highest BCUT2D eigenvalue weighted by Gasteiger charge is 2.42. The third kappa shape index (κ3) is 1.81. The first-order chi connectivity index (χ1) is 7.27. The van der Waals surface area contributed by atoms with E-state index in [4.69, 9.17) is 0 Å². The van der Waals surface area contributed by atoms with Gasteiger partial charge in [-0.2, -0.15) is 0 Å². The largest absolute Gasteiger partial charge is 0.390 e. The topological polar surface area (TPSA) is 20.2 Å². The van der Waals surface area contributed by atoms with Gasteiger partial charge in [-0.3, -0.25) is 0 Å². The van der Waals surface area contributed by atoms with Crippen LogP contribution in [-0.2, 0) is 6.42 Å². The maximum Gasteiger partial charge on any atom is 0.0655 e. The zero-order valence-electron chi connectivity index (χ0n) is 9.08. The molecule has 0 saturated heterocycles. The third-order valence-corrected chi connectivity index (χ3v) is 3.95. The standard InChI is InChI=1S/C14H18O/c15-14(8-9-14)10-12-6-3-5-11-4-1-2-7-13(11)12/h1-2,4,7,12,15H,3,5-6,8-10H2. The molecule has 1 nitrogen and oxygen atoms in total. The maximum absolute atomic E-state index is 10.0. The average molecular weight is 202 g/mol. The first-order valence-electron chi connectivity index (χ1n) is 6.07. The van der Waals surface area contributed by atoms with E-state index in [9.17, 15) is 5.11 Å². The first-order valence-corrected chi connectivity index (χ1v) is 6.07. The van der Waals surface area contributed by atoms with Crippen LogP contribution >= 0.6 is 0 Å². The van der Waals surface area contributed by atoms with Crippen molar-refractivity contribution in [3.63, 3.8) is 0 Å². The summed E-state index contributed by atoms with van der Waals surface area (Å²) in [5.41, 5.74) is 2.72. The van der Waals surface area contributed by atoms with Crippen LogP contribution in [0.15, 0.2) is 24.3 Å². The normalized spacial score (nSPS) is 27.1. The van der Waals surface area contributed by atoms with E-state index < -0.39 is 0 Å². The maximum atomic E-state index is 10.0. The molecule has 80 valence electrons. The molecule has 0 radical (unpaired) electrons. The molecule has 0 bridgehead atoms. The van der Waals surface area contributed by atoms with E-state index >= 15 is 0 Å². The van der Waals surface area contributed by atoms with Gasteiger partial charge in [0.2, 0.25) is 0 Å². The molecule has 1 unspecified atom stereocenters. The average Bonchev–Trinajstić information content (AvgIpc) is 2.97. The van der Waals surface area contributed by atoms with Crippen LogP contribution in [0.3, 0.4) is 0 Å². The molecule has 2 aliphatic rings. The smallest absolute Gasteiger partial charge is 0.0655 e. The quantitative estimate of drug-likeness (QED) is 0.781. The van der Waals surface area contributed by atoms with Crippen molar-refractivity contribution in [2.24, 2.45) is 0 Å². The molecular formula is C14H18O. The Balaban J connectivity index is 1.85. The van der Waals surface area contributed by atoms with E-state index in [2.05, 4.69) is 24.3 Å². The van der Waals surface area contributed by atoms with Crippen LogP contribution in [0, 0.1) is 0 Å². The van der Waals surface area contributed by atoms with Crippen LogP contribution in [0.2, 0.25) is 0 Å². The predicted molar refractivity (Wildman–Crippen MR) is 60.9 cm³/mol. The summed E-state index contributed by atoms with van der Waals surface area (Å²) in [5.74, 6) is 0.613. The minimum atomic E-state index is -0.297. The van der Waals surface area contributed by atoms with Gasteiger partial charge in [-0.25, -0.2) is 0 Å². The zero-order valence-corrected chi connectivity index (χ0v) is 9.08. The third-order valence-electron chi connectivity index (χ3n) is 3.95. The second-order valence-corrected chi connectivity index (χ2v) is 5.22. The summed E-state index contributed by atoms with van der Waals surface area (Å²) < 4.78 is 0. The van der Waals surface area contributed by atoms with E-state index in [1.54, 1.807) is 0 Å².